The third kappa shape index (κ3) is 4.66. The van der Waals surface area contributed by atoms with Crippen molar-refractivity contribution in [3.63, 3.8) is 0 Å². The maximum Gasteiger partial charge on any atom is 0.117 e. The summed E-state index contributed by atoms with van der Waals surface area (Å²) in [5.41, 5.74) is 3.85. The standard InChI is InChI=1S/C19H21ClN4O/c1-25-12-11-21-13-18-19(15-7-3-2-4-8-15)23-24(22-18)14-16-9-5-6-10-17(16)20/h2-10,21H,11-14H2,1H3. The van der Waals surface area contributed by atoms with Crippen LogP contribution in [0.1, 0.15) is 11.3 Å². The molecule has 0 aliphatic carbocycles. The maximum absolute atomic E-state index is 6.26. The highest BCUT2D eigenvalue weighted by atomic mass is 35.5. The van der Waals surface area contributed by atoms with Gasteiger partial charge in [-0.1, -0.05) is 60.1 Å². The van der Waals surface area contributed by atoms with E-state index in [4.69, 9.17) is 21.4 Å². The van der Waals surface area contributed by atoms with Gasteiger partial charge in [-0.25, -0.2) is 0 Å². The Kier molecular flexibility index (Phi) is 6.17. The van der Waals surface area contributed by atoms with Crippen LogP contribution in [0.25, 0.3) is 11.3 Å². The second kappa shape index (κ2) is 8.76. The molecule has 0 aliphatic heterocycles. The third-order valence-corrected chi connectivity index (χ3v) is 4.19. The Labute approximate surface area is 152 Å². The van der Waals surface area contributed by atoms with Gasteiger partial charge >= 0.3 is 0 Å². The molecule has 0 saturated heterocycles. The first-order valence-electron chi connectivity index (χ1n) is 8.20. The van der Waals surface area contributed by atoms with Crippen LogP contribution in [0.4, 0.5) is 0 Å². The van der Waals surface area contributed by atoms with Crippen molar-refractivity contribution in [3.8, 4) is 11.3 Å². The van der Waals surface area contributed by atoms with E-state index in [1.54, 1.807) is 11.9 Å². The van der Waals surface area contributed by atoms with Crippen molar-refractivity contribution < 1.29 is 4.74 Å². The predicted molar refractivity (Wildman–Crippen MR) is 99.6 cm³/mol. The van der Waals surface area contributed by atoms with Gasteiger partial charge in [0.15, 0.2) is 0 Å². The van der Waals surface area contributed by atoms with Crippen LogP contribution in [0.2, 0.25) is 5.02 Å². The summed E-state index contributed by atoms with van der Waals surface area (Å²) < 4.78 is 5.07. The van der Waals surface area contributed by atoms with Crippen molar-refractivity contribution >= 4 is 11.6 Å². The molecule has 1 N–H and O–H groups in total. The van der Waals surface area contributed by atoms with Crippen molar-refractivity contribution in [1.82, 2.24) is 20.3 Å². The van der Waals surface area contributed by atoms with Crippen LogP contribution in [0, 0.1) is 0 Å². The van der Waals surface area contributed by atoms with Gasteiger partial charge in [0.2, 0.25) is 0 Å². The molecule has 0 atom stereocenters. The Morgan fingerprint density at radius 3 is 2.56 bits per heavy atom. The van der Waals surface area contributed by atoms with E-state index in [1.165, 1.54) is 0 Å². The Morgan fingerprint density at radius 1 is 1.04 bits per heavy atom. The van der Waals surface area contributed by atoms with E-state index in [1.807, 2.05) is 54.6 Å². The fourth-order valence-corrected chi connectivity index (χ4v) is 2.75. The first-order valence-corrected chi connectivity index (χ1v) is 8.58. The van der Waals surface area contributed by atoms with Crippen molar-refractivity contribution in [2.24, 2.45) is 0 Å². The normalized spacial score (nSPS) is 11.0. The van der Waals surface area contributed by atoms with Crippen molar-refractivity contribution in [2.75, 3.05) is 20.3 Å². The van der Waals surface area contributed by atoms with Crippen molar-refractivity contribution in [3.05, 3.63) is 70.9 Å². The van der Waals surface area contributed by atoms with Crippen LogP contribution in [-0.2, 0) is 17.8 Å². The minimum absolute atomic E-state index is 0.539. The van der Waals surface area contributed by atoms with E-state index in [0.717, 1.165) is 34.1 Å². The van der Waals surface area contributed by atoms with Crippen LogP contribution in [-0.4, -0.2) is 35.3 Å². The summed E-state index contributed by atoms with van der Waals surface area (Å²) in [5, 5.41) is 13.4. The molecule has 0 saturated carbocycles. The van der Waals surface area contributed by atoms with Gasteiger partial charge in [0.05, 0.1) is 13.2 Å². The smallest absolute Gasteiger partial charge is 0.117 e. The minimum Gasteiger partial charge on any atom is -0.383 e. The SMILES string of the molecule is COCCNCc1nn(Cc2ccccc2Cl)nc1-c1ccccc1. The molecule has 1 heterocycles. The summed E-state index contributed by atoms with van der Waals surface area (Å²) in [7, 11) is 1.69. The molecule has 5 nitrogen and oxygen atoms in total. The van der Waals surface area contributed by atoms with E-state index in [-0.39, 0.29) is 0 Å². The molecule has 0 fully saturated rings. The van der Waals surface area contributed by atoms with Gasteiger partial charge in [0.25, 0.3) is 0 Å². The average molecular weight is 357 g/mol. The molecule has 0 aliphatic rings. The lowest BCUT2D eigenvalue weighted by Gasteiger charge is -2.03. The van der Waals surface area contributed by atoms with Crippen LogP contribution < -0.4 is 5.32 Å². The zero-order valence-corrected chi connectivity index (χ0v) is 14.9. The van der Waals surface area contributed by atoms with Gasteiger partial charge in [-0.05, 0) is 11.6 Å². The summed E-state index contributed by atoms with van der Waals surface area (Å²) in [6, 6.07) is 17.9. The second-order valence-corrected chi connectivity index (χ2v) is 6.06. The molecule has 6 heteroatoms. The number of halogens is 1. The predicted octanol–water partition coefficient (Wildman–Crippen LogP) is 3.38. The second-order valence-electron chi connectivity index (χ2n) is 5.65. The molecule has 0 radical (unpaired) electrons. The lowest BCUT2D eigenvalue weighted by Crippen LogP contribution is -2.19. The fraction of sp³-hybridized carbons (Fsp3) is 0.263. The lowest BCUT2D eigenvalue weighted by molar-refractivity contribution is 0.199. The highest BCUT2D eigenvalue weighted by molar-refractivity contribution is 6.31. The number of ether oxygens (including phenoxy) is 1. The molecular weight excluding hydrogens is 336 g/mol. The number of hydrogen-bond donors (Lipinski definition) is 1. The highest BCUT2D eigenvalue weighted by Gasteiger charge is 2.13. The van der Waals surface area contributed by atoms with Gasteiger partial charge in [0.1, 0.15) is 11.4 Å². The van der Waals surface area contributed by atoms with Crippen molar-refractivity contribution in [1.29, 1.82) is 0 Å². The molecule has 25 heavy (non-hydrogen) atoms. The Morgan fingerprint density at radius 2 is 1.80 bits per heavy atom. The average Bonchev–Trinajstić information content (AvgIpc) is 3.04. The quantitative estimate of drug-likeness (QED) is 0.629. The highest BCUT2D eigenvalue weighted by Crippen LogP contribution is 2.21. The number of nitrogens with zero attached hydrogens (tertiary/aromatic N) is 3. The monoisotopic (exact) mass is 356 g/mol. The first kappa shape index (κ1) is 17.6. The summed E-state index contributed by atoms with van der Waals surface area (Å²) in [6.45, 7) is 2.60. The van der Waals surface area contributed by atoms with Crippen LogP contribution >= 0.6 is 11.6 Å². The van der Waals surface area contributed by atoms with E-state index in [2.05, 4.69) is 10.4 Å². The number of methoxy groups -OCH3 is 1. The Balaban J connectivity index is 1.84. The van der Waals surface area contributed by atoms with Crippen LogP contribution in [0.15, 0.2) is 54.6 Å². The van der Waals surface area contributed by atoms with E-state index < -0.39 is 0 Å². The summed E-state index contributed by atoms with van der Waals surface area (Å²) in [5.74, 6) is 0. The number of hydrogen-bond acceptors (Lipinski definition) is 4. The number of aromatic nitrogens is 3. The number of rotatable bonds is 8. The van der Waals surface area contributed by atoms with Gasteiger partial charge in [-0.3, -0.25) is 0 Å². The molecule has 0 bridgehead atoms. The Bertz CT molecular complexity index is 804. The molecule has 0 amide bonds. The maximum atomic E-state index is 6.26. The van der Waals surface area contributed by atoms with Gasteiger partial charge in [-0.15, -0.1) is 0 Å². The summed E-state index contributed by atoms with van der Waals surface area (Å²) in [6.07, 6.45) is 0. The molecule has 130 valence electrons. The molecular formula is C19H21ClN4O. The minimum atomic E-state index is 0.539. The lowest BCUT2D eigenvalue weighted by atomic mass is 10.1. The van der Waals surface area contributed by atoms with Gasteiger partial charge in [-0.2, -0.15) is 15.0 Å². The topological polar surface area (TPSA) is 52.0 Å². The van der Waals surface area contributed by atoms with E-state index in [9.17, 15) is 0 Å². The summed E-state index contributed by atoms with van der Waals surface area (Å²) >= 11 is 6.26. The number of nitrogens with one attached hydrogen (secondary N) is 1. The molecule has 2 aromatic carbocycles. The Hall–Kier alpha value is -2.21. The zero-order chi connectivity index (χ0) is 17.5. The van der Waals surface area contributed by atoms with Crippen molar-refractivity contribution in [2.45, 2.75) is 13.1 Å². The third-order valence-electron chi connectivity index (χ3n) is 3.82. The van der Waals surface area contributed by atoms with E-state index >= 15 is 0 Å². The first-order chi connectivity index (χ1) is 12.3. The number of benzene rings is 2. The largest absolute Gasteiger partial charge is 0.383 e. The molecule has 3 rings (SSSR count). The van der Waals surface area contributed by atoms with Crippen LogP contribution in [0.5, 0.6) is 0 Å². The fourth-order valence-electron chi connectivity index (χ4n) is 2.55. The molecule has 3 aromatic rings. The molecule has 0 spiro atoms. The van der Waals surface area contributed by atoms with Crippen LogP contribution in [0.3, 0.4) is 0 Å². The van der Waals surface area contributed by atoms with Gasteiger partial charge in [0, 0.05) is 30.8 Å². The molecule has 1 aromatic heterocycles. The summed E-state index contributed by atoms with van der Waals surface area (Å²) in [4.78, 5) is 1.71. The van der Waals surface area contributed by atoms with E-state index in [0.29, 0.717) is 19.7 Å². The van der Waals surface area contributed by atoms with Gasteiger partial charge < -0.3 is 10.1 Å². The zero-order valence-electron chi connectivity index (χ0n) is 14.2. The molecule has 0 unspecified atom stereocenters.